The number of piperidine rings is 1. The number of amides is 1. The molecule has 1 aliphatic carbocycles. The minimum absolute atomic E-state index is 0.222. The standard InChI is InChI=1S/C22H34N2O/c1-18-9-11-19(12-10-18)17-24-15-13-20(14-16-24)22(25)23-21-7-5-3-2-4-6-8-21/h9-12,20-21H,2-8,13-17H2,1H3,(H,23,25). The second-order valence-electron chi connectivity index (χ2n) is 8.09. The molecule has 138 valence electrons. The molecule has 2 aliphatic rings. The second-order valence-corrected chi connectivity index (χ2v) is 8.09. The SMILES string of the molecule is Cc1ccc(CN2CCC(C(=O)NC3CCCCCCC3)CC2)cc1. The number of rotatable bonds is 4. The van der Waals surface area contributed by atoms with Crippen molar-refractivity contribution in [2.45, 2.75) is 77.3 Å². The summed E-state index contributed by atoms with van der Waals surface area (Å²) >= 11 is 0. The number of carbonyl (C=O) groups excluding carboxylic acids is 1. The fourth-order valence-electron chi connectivity index (χ4n) is 4.22. The van der Waals surface area contributed by atoms with Gasteiger partial charge in [-0.3, -0.25) is 9.69 Å². The van der Waals surface area contributed by atoms with Gasteiger partial charge in [0.15, 0.2) is 0 Å². The van der Waals surface area contributed by atoms with E-state index in [0.717, 1.165) is 32.5 Å². The van der Waals surface area contributed by atoms with Crippen LogP contribution in [0.5, 0.6) is 0 Å². The average Bonchev–Trinajstić information content (AvgIpc) is 2.60. The highest BCUT2D eigenvalue weighted by molar-refractivity contribution is 5.79. The van der Waals surface area contributed by atoms with Gasteiger partial charge in [-0.15, -0.1) is 0 Å². The molecular weight excluding hydrogens is 308 g/mol. The molecule has 3 nitrogen and oxygen atoms in total. The summed E-state index contributed by atoms with van der Waals surface area (Å²) in [4.78, 5) is 15.1. The smallest absolute Gasteiger partial charge is 0.223 e. The largest absolute Gasteiger partial charge is 0.353 e. The van der Waals surface area contributed by atoms with Crippen LogP contribution in [0.25, 0.3) is 0 Å². The van der Waals surface area contributed by atoms with Crippen molar-refractivity contribution in [2.24, 2.45) is 5.92 Å². The molecule has 1 aromatic carbocycles. The van der Waals surface area contributed by atoms with E-state index < -0.39 is 0 Å². The molecule has 3 rings (SSSR count). The Morgan fingerprint density at radius 3 is 2.20 bits per heavy atom. The number of benzene rings is 1. The Morgan fingerprint density at radius 2 is 1.56 bits per heavy atom. The van der Waals surface area contributed by atoms with Gasteiger partial charge in [0.05, 0.1) is 0 Å². The van der Waals surface area contributed by atoms with Crippen molar-refractivity contribution in [1.29, 1.82) is 0 Å². The first kappa shape index (κ1) is 18.4. The summed E-state index contributed by atoms with van der Waals surface area (Å²) in [5, 5.41) is 3.37. The molecule has 1 amide bonds. The monoisotopic (exact) mass is 342 g/mol. The Bertz CT molecular complexity index is 523. The van der Waals surface area contributed by atoms with Gasteiger partial charge in [0.2, 0.25) is 5.91 Å². The number of hydrogen-bond acceptors (Lipinski definition) is 2. The molecule has 1 aromatic rings. The zero-order valence-electron chi connectivity index (χ0n) is 15.8. The Morgan fingerprint density at radius 1 is 0.960 bits per heavy atom. The zero-order chi connectivity index (χ0) is 17.5. The quantitative estimate of drug-likeness (QED) is 0.877. The summed E-state index contributed by atoms with van der Waals surface area (Å²) in [7, 11) is 0. The van der Waals surface area contributed by atoms with Crippen molar-refractivity contribution in [2.75, 3.05) is 13.1 Å². The summed E-state index contributed by atoms with van der Waals surface area (Å²) in [6, 6.07) is 9.25. The first-order chi connectivity index (χ1) is 12.2. The highest BCUT2D eigenvalue weighted by Gasteiger charge is 2.26. The fourth-order valence-corrected chi connectivity index (χ4v) is 4.22. The predicted molar refractivity (Wildman–Crippen MR) is 103 cm³/mol. The highest BCUT2D eigenvalue weighted by atomic mass is 16.1. The van der Waals surface area contributed by atoms with Crippen molar-refractivity contribution >= 4 is 5.91 Å². The van der Waals surface area contributed by atoms with E-state index >= 15 is 0 Å². The second kappa shape index (κ2) is 9.38. The van der Waals surface area contributed by atoms with Crippen LogP contribution >= 0.6 is 0 Å². The Kier molecular flexibility index (Phi) is 6.92. The summed E-state index contributed by atoms with van der Waals surface area (Å²) in [6.45, 7) is 5.22. The third-order valence-electron chi connectivity index (χ3n) is 5.94. The van der Waals surface area contributed by atoms with Crippen LogP contribution in [0.2, 0.25) is 0 Å². The van der Waals surface area contributed by atoms with E-state index in [0.29, 0.717) is 11.9 Å². The van der Waals surface area contributed by atoms with Crippen molar-refractivity contribution in [3.63, 3.8) is 0 Å². The summed E-state index contributed by atoms with van der Waals surface area (Å²) in [5.74, 6) is 0.542. The first-order valence-electron chi connectivity index (χ1n) is 10.3. The maximum Gasteiger partial charge on any atom is 0.223 e. The minimum atomic E-state index is 0.222. The number of hydrogen-bond donors (Lipinski definition) is 1. The maximum absolute atomic E-state index is 12.6. The van der Waals surface area contributed by atoms with Crippen LogP contribution in [0.1, 0.15) is 68.9 Å². The van der Waals surface area contributed by atoms with Gasteiger partial charge in [0.1, 0.15) is 0 Å². The molecule has 3 heteroatoms. The van der Waals surface area contributed by atoms with Gasteiger partial charge in [-0.05, 0) is 51.3 Å². The fraction of sp³-hybridized carbons (Fsp3) is 0.682. The molecule has 25 heavy (non-hydrogen) atoms. The molecule has 1 N–H and O–H groups in total. The van der Waals surface area contributed by atoms with E-state index in [2.05, 4.69) is 41.4 Å². The van der Waals surface area contributed by atoms with Crippen molar-refractivity contribution in [3.8, 4) is 0 Å². The van der Waals surface area contributed by atoms with Gasteiger partial charge in [0.25, 0.3) is 0 Å². The van der Waals surface area contributed by atoms with Crippen LogP contribution in [0.4, 0.5) is 0 Å². The van der Waals surface area contributed by atoms with Crippen LogP contribution in [0.3, 0.4) is 0 Å². The lowest BCUT2D eigenvalue weighted by atomic mass is 9.93. The molecule has 0 radical (unpaired) electrons. The normalized spacial score (nSPS) is 21.5. The number of likely N-dealkylation sites (tertiary alicyclic amines) is 1. The number of nitrogens with one attached hydrogen (secondary N) is 1. The van der Waals surface area contributed by atoms with Gasteiger partial charge in [-0.1, -0.05) is 61.9 Å². The van der Waals surface area contributed by atoms with Crippen LogP contribution in [-0.2, 0) is 11.3 Å². The lowest BCUT2D eigenvalue weighted by Crippen LogP contribution is -2.43. The van der Waals surface area contributed by atoms with E-state index in [4.69, 9.17) is 0 Å². The predicted octanol–water partition coefficient (Wildman–Crippen LogP) is 4.44. The number of nitrogens with zero attached hydrogens (tertiary/aromatic N) is 1. The zero-order valence-corrected chi connectivity index (χ0v) is 15.8. The minimum Gasteiger partial charge on any atom is -0.353 e. The molecule has 0 unspecified atom stereocenters. The molecular formula is C22H34N2O. The summed E-state index contributed by atoms with van der Waals surface area (Å²) in [5.41, 5.74) is 2.69. The van der Waals surface area contributed by atoms with Gasteiger partial charge in [0, 0.05) is 18.5 Å². The first-order valence-corrected chi connectivity index (χ1v) is 10.3. The van der Waals surface area contributed by atoms with Gasteiger partial charge < -0.3 is 5.32 Å². The lowest BCUT2D eigenvalue weighted by molar-refractivity contribution is -0.127. The van der Waals surface area contributed by atoms with Crippen LogP contribution in [0.15, 0.2) is 24.3 Å². The van der Waals surface area contributed by atoms with Crippen LogP contribution in [0, 0.1) is 12.8 Å². The topological polar surface area (TPSA) is 32.3 Å². The van der Waals surface area contributed by atoms with Crippen molar-refractivity contribution in [3.05, 3.63) is 35.4 Å². The van der Waals surface area contributed by atoms with Crippen molar-refractivity contribution in [1.82, 2.24) is 10.2 Å². The van der Waals surface area contributed by atoms with Gasteiger partial charge in [-0.2, -0.15) is 0 Å². The molecule has 1 heterocycles. The third-order valence-corrected chi connectivity index (χ3v) is 5.94. The Labute approximate surface area is 153 Å². The van der Waals surface area contributed by atoms with E-state index in [1.807, 2.05) is 0 Å². The molecule has 1 aliphatic heterocycles. The van der Waals surface area contributed by atoms with E-state index in [9.17, 15) is 4.79 Å². The molecule has 0 spiro atoms. The molecule has 1 saturated carbocycles. The van der Waals surface area contributed by atoms with E-state index in [1.165, 1.54) is 56.1 Å². The van der Waals surface area contributed by atoms with Crippen molar-refractivity contribution < 1.29 is 4.79 Å². The highest BCUT2D eigenvalue weighted by Crippen LogP contribution is 2.22. The van der Waals surface area contributed by atoms with Gasteiger partial charge >= 0.3 is 0 Å². The molecule has 2 fully saturated rings. The van der Waals surface area contributed by atoms with Crippen LogP contribution < -0.4 is 5.32 Å². The lowest BCUT2D eigenvalue weighted by Gasteiger charge is -2.32. The third kappa shape index (κ3) is 5.85. The molecule has 0 bridgehead atoms. The number of carbonyl (C=O) groups is 1. The van der Waals surface area contributed by atoms with E-state index in [1.54, 1.807) is 0 Å². The van der Waals surface area contributed by atoms with E-state index in [-0.39, 0.29) is 5.92 Å². The maximum atomic E-state index is 12.6. The Balaban J connectivity index is 1.41. The summed E-state index contributed by atoms with van der Waals surface area (Å²) in [6.07, 6.45) is 11.0. The molecule has 0 atom stereocenters. The Hall–Kier alpha value is -1.35. The van der Waals surface area contributed by atoms with Gasteiger partial charge in [-0.25, -0.2) is 0 Å². The summed E-state index contributed by atoms with van der Waals surface area (Å²) < 4.78 is 0. The molecule has 1 saturated heterocycles. The molecule has 0 aromatic heterocycles. The average molecular weight is 343 g/mol. The number of aryl methyl sites for hydroxylation is 1. The van der Waals surface area contributed by atoms with Crippen LogP contribution in [-0.4, -0.2) is 29.9 Å².